The molecule has 1 N–H and O–H groups in total. The molecular weight excluding hydrogens is 517 g/mol. The lowest BCUT2D eigenvalue weighted by Gasteiger charge is -2.33. The number of halogens is 2. The highest BCUT2D eigenvalue weighted by molar-refractivity contribution is 7.92. The lowest BCUT2D eigenvalue weighted by atomic mass is 10.1. The molecule has 1 unspecified atom stereocenters. The van der Waals surface area contributed by atoms with Crippen LogP contribution in [-0.2, 0) is 26.2 Å². The Bertz CT molecular complexity index is 1160. The van der Waals surface area contributed by atoms with E-state index in [1.54, 1.807) is 31.2 Å². The van der Waals surface area contributed by atoms with E-state index in [1.807, 2.05) is 0 Å². The largest absolute Gasteiger partial charge is 0.497 e. The van der Waals surface area contributed by atoms with Crippen molar-refractivity contribution in [2.45, 2.75) is 25.9 Å². The number of methoxy groups -OCH3 is 2. The zero-order valence-corrected chi connectivity index (χ0v) is 22.5. The number of carbonyl (C=O) groups excluding carboxylic acids is 2. The average molecular weight is 546 g/mol. The molecule has 9 nitrogen and oxygen atoms in total. The molecule has 0 aromatic heterocycles. The molecule has 0 radical (unpaired) electrons. The van der Waals surface area contributed by atoms with Gasteiger partial charge in [0, 0.05) is 35.3 Å². The van der Waals surface area contributed by atoms with Crippen LogP contribution in [-0.4, -0.2) is 65.2 Å². The fourth-order valence-corrected chi connectivity index (χ4v) is 4.89. The van der Waals surface area contributed by atoms with Crippen LogP contribution in [0, 0.1) is 0 Å². The maximum absolute atomic E-state index is 13.7. The van der Waals surface area contributed by atoms with Crippen molar-refractivity contribution in [3.8, 4) is 11.5 Å². The smallest absolute Gasteiger partial charge is 0.244 e. The van der Waals surface area contributed by atoms with Crippen LogP contribution in [0.5, 0.6) is 11.5 Å². The van der Waals surface area contributed by atoms with E-state index >= 15 is 0 Å². The van der Waals surface area contributed by atoms with E-state index in [2.05, 4.69) is 5.32 Å². The van der Waals surface area contributed by atoms with Crippen LogP contribution < -0.4 is 19.1 Å². The van der Waals surface area contributed by atoms with Gasteiger partial charge in [0.15, 0.2) is 0 Å². The van der Waals surface area contributed by atoms with Crippen molar-refractivity contribution >= 4 is 50.7 Å². The van der Waals surface area contributed by atoms with Crippen molar-refractivity contribution in [1.82, 2.24) is 10.2 Å². The fraction of sp³-hybridized carbons (Fsp3) is 0.391. The Morgan fingerprint density at radius 2 is 1.71 bits per heavy atom. The third kappa shape index (κ3) is 6.93. The Hall–Kier alpha value is -2.69. The topological polar surface area (TPSA) is 105 Å². The number of benzene rings is 2. The monoisotopic (exact) mass is 545 g/mol. The number of hydrogen-bond acceptors (Lipinski definition) is 6. The van der Waals surface area contributed by atoms with Crippen LogP contribution >= 0.6 is 23.2 Å². The van der Waals surface area contributed by atoms with Gasteiger partial charge in [-0.25, -0.2) is 8.42 Å². The van der Waals surface area contributed by atoms with Crippen molar-refractivity contribution < 1.29 is 27.5 Å². The van der Waals surface area contributed by atoms with E-state index in [4.69, 9.17) is 32.7 Å². The standard InChI is InChI=1S/C23H29Cl2N3O6S/c1-6-19(23(30)26-2)27(13-16-17(24)8-7-9-18(16)25)22(29)14-28(35(5,31)32)20-12-15(33-3)10-11-21(20)34-4/h7-12,19H,6,13-14H2,1-5H3,(H,26,30). The molecule has 0 saturated heterocycles. The number of carbonyl (C=O) groups is 2. The SMILES string of the molecule is CCC(C(=O)NC)N(Cc1c(Cl)cccc1Cl)C(=O)CN(c1cc(OC)ccc1OC)S(C)(=O)=O. The number of amides is 2. The molecule has 35 heavy (non-hydrogen) atoms. The summed E-state index contributed by atoms with van der Waals surface area (Å²) in [6.45, 7) is 1.04. The Morgan fingerprint density at radius 1 is 1.09 bits per heavy atom. The lowest BCUT2D eigenvalue weighted by Crippen LogP contribution is -2.51. The van der Waals surface area contributed by atoms with Crippen LogP contribution in [0.25, 0.3) is 0 Å². The van der Waals surface area contributed by atoms with Crippen molar-refractivity contribution in [3.05, 3.63) is 52.0 Å². The molecule has 12 heteroatoms. The van der Waals surface area contributed by atoms with Gasteiger partial charge in [-0.3, -0.25) is 13.9 Å². The van der Waals surface area contributed by atoms with Crippen LogP contribution in [0.15, 0.2) is 36.4 Å². The number of rotatable bonds is 11. The predicted octanol–water partition coefficient (Wildman–Crippen LogP) is 3.33. The highest BCUT2D eigenvalue weighted by atomic mass is 35.5. The highest BCUT2D eigenvalue weighted by Gasteiger charge is 2.33. The molecule has 2 aromatic carbocycles. The molecule has 1 atom stereocenters. The van der Waals surface area contributed by atoms with E-state index < -0.39 is 34.4 Å². The number of nitrogens with zero attached hydrogens (tertiary/aromatic N) is 2. The summed E-state index contributed by atoms with van der Waals surface area (Å²) in [5, 5.41) is 3.18. The highest BCUT2D eigenvalue weighted by Crippen LogP contribution is 2.34. The summed E-state index contributed by atoms with van der Waals surface area (Å²) < 4.78 is 37.0. The van der Waals surface area contributed by atoms with Crippen LogP contribution in [0.1, 0.15) is 18.9 Å². The Morgan fingerprint density at radius 3 is 2.20 bits per heavy atom. The minimum atomic E-state index is -3.95. The lowest BCUT2D eigenvalue weighted by molar-refractivity contribution is -0.140. The van der Waals surface area contributed by atoms with Crippen LogP contribution in [0.4, 0.5) is 5.69 Å². The molecule has 0 spiro atoms. The first kappa shape index (κ1) is 28.5. The summed E-state index contributed by atoms with van der Waals surface area (Å²) in [6.07, 6.45) is 1.25. The normalized spacial score (nSPS) is 12.0. The summed E-state index contributed by atoms with van der Waals surface area (Å²) in [6, 6.07) is 8.61. The maximum atomic E-state index is 13.7. The fourth-order valence-electron chi connectivity index (χ4n) is 3.53. The Kier molecular flexibility index (Phi) is 10.1. The first-order chi connectivity index (χ1) is 16.5. The molecular formula is C23H29Cl2N3O6S. The zero-order valence-electron chi connectivity index (χ0n) is 20.2. The van der Waals surface area contributed by atoms with Gasteiger partial charge in [-0.1, -0.05) is 36.2 Å². The van der Waals surface area contributed by atoms with Gasteiger partial charge in [0.2, 0.25) is 21.8 Å². The molecule has 0 fully saturated rings. The molecule has 0 aliphatic rings. The molecule has 0 aliphatic heterocycles. The minimum absolute atomic E-state index is 0.101. The van der Waals surface area contributed by atoms with Crippen molar-refractivity contribution in [1.29, 1.82) is 0 Å². The maximum Gasteiger partial charge on any atom is 0.244 e. The van der Waals surface area contributed by atoms with E-state index in [0.29, 0.717) is 21.4 Å². The molecule has 2 aromatic rings. The second kappa shape index (κ2) is 12.3. The van der Waals surface area contributed by atoms with Crippen LogP contribution in [0.2, 0.25) is 10.0 Å². The number of hydrogen-bond donors (Lipinski definition) is 1. The number of sulfonamides is 1. The minimum Gasteiger partial charge on any atom is -0.497 e. The van der Waals surface area contributed by atoms with Gasteiger partial charge in [-0.05, 0) is 30.7 Å². The molecule has 0 bridgehead atoms. The zero-order chi connectivity index (χ0) is 26.3. The summed E-state index contributed by atoms with van der Waals surface area (Å²) in [5.74, 6) is -0.443. The first-order valence-electron chi connectivity index (χ1n) is 10.6. The first-order valence-corrected chi connectivity index (χ1v) is 13.2. The third-order valence-electron chi connectivity index (χ3n) is 5.36. The van der Waals surface area contributed by atoms with E-state index in [1.165, 1.54) is 38.3 Å². The molecule has 0 aliphatic carbocycles. The predicted molar refractivity (Wildman–Crippen MR) is 137 cm³/mol. The van der Waals surface area contributed by atoms with Crippen molar-refractivity contribution in [2.24, 2.45) is 0 Å². The number of ether oxygens (including phenoxy) is 2. The molecule has 0 saturated carbocycles. The summed E-state index contributed by atoms with van der Waals surface area (Å²) in [4.78, 5) is 27.6. The second-order valence-electron chi connectivity index (χ2n) is 7.57. The van der Waals surface area contributed by atoms with Crippen molar-refractivity contribution in [2.75, 3.05) is 38.4 Å². The van der Waals surface area contributed by atoms with Crippen molar-refractivity contribution in [3.63, 3.8) is 0 Å². The van der Waals surface area contributed by atoms with Gasteiger partial charge in [-0.15, -0.1) is 0 Å². The molecule has 2 rings (SSSR count). The summed E-state index contributed by atoms with van der Waals surface area (Å²) in [5.41, 5.74) is 0.558. The quantitative estimate of drug-likeness (QED) is 0.464. The van der Waals surface area contributed by atoms with E-state index in [9.17, 15) is 18.0 Å². The van der Waals surface area contributed by atoms with Gasteiger partial charge < -0.3 is 19.7 Å². The Labute approximate surface area is 215 Å². The number of anilines is 1. The average Bonchev–Trinajstić information content (AvgIpc) is 2.82. The van der Waals surface area contributed by atoms with Gasteiger partial charge in [-0.2, -0.15) is 0 Å². The molecule has 192 valence electrons. The second-order valence-corrected chi connectivity index (χ2v) is 10.3. The molecule has 2 amide bonds. The van der Waals surface area contributed by atoms with Crippen LogP contribution in [0.3, 0.4) is 0 Å². The number of nitrogens with one attached hydrogen (secondary N) is 1. The summed E-state index contributed by atoms with van der Waals surface area (Å²) in [7, 11) is 0.328. The van der Waals surface area contributed by atoms with Gasteiger partial charge >= 0.3 is 0 Å². The van der Waals surface area contributed by atoms with E-state index in [0.717, 1.165) is 10.6 Å². The van der Waals surface area contributed by atoms with E-state index in [-0.39, 0.29) is 24.4 Å². The molecule has 0 heterocycles. The summed E-state index contributed by atoms with van der Waals surface area (Å²) >= 11 is 12.7. The number of likely N-dealkylation sites (N-methyl/N-ethyl adjacent to an activating group) is 1. The Balaban J connectivity index is 2.58. The third-order valence-corrected chi connectivity index (χ3v) is 7.19. The van der Waals surface area contributed by atoms with Gasteiger partial charge in [0.1, 0.15) is 24.1 Å². The van der Waals surface area contributed by atoms with Gasteiger partial charge in [0.25, 0.3) is 0 Å². The van der Waals surface area contributed by atoms with Gasteiger partial charge in [0.05, 0.1) is 26.2 Å².